The van der Waals surface area contributed by atoms with Crippen molar-refractivity contribution >= 4 is 5.91 Å². The third-order valence-electron chi connectivity index (χ3n) is 3.41. The van der Waals surface area contributed by atoms with E-state index in [-0.39, 0.29) is 11.8 Å². The van der Waals surface area contributed by atoms with Gasteiger partial charge in [0.2, 0.25) is 5.91 Å². The van der Waals surface area contributed by atoms with Gasteiger partial charge in [-0.05, 0) is 43.5 Å². The van der Waals surface area contributed by atoms with Crippen LogP contribution in [0.25, 0.3) is 0 Å². The van der Waals surface area contributed by atoms with Crippen LogP contribution >= 0.6 is 0 Å². The Labute approximate surface area is 122 Å². The van der Waals surface area contributed by atoms with E-state index in [1.54, 1.807) is 4.90 Å². The van der Waals surface area contributed by atoms with Crippen molar-refractivity contribution in [1.82, 2.24) is 4.90 Å². The second-order valence-electron chi connectivity index (χ2n) is 5.62. The molecule has 1 aromatic carbocycles. The highest BCUT2D eigenvalue weighted by atomic mass is 16.5. The monoisotopic (exact) mass is 277 g/mol. The van der Waals surface area contributed by atoms with Gasteiger partial charge in [0, 0.05) is 13.0 Å². The van der Waals surface area contributed by atoms with Gasteiger partial charge in [-0.15, -0.1) is 0 Å². The lowest BCUT2D eigenvalue weighted by atomic mass is 10.1. The van der Waals surface area contributed by atoms with Gasteiger partial charge in [-0.3, -0.25) is 4.79 Å². The van der Waals surface area contributed by atoms with Crippen LogP contribution in [0.2, 0.25) is 0 Å². The lowest BCUT2D eigenvalue weighted by Gasteiger charge is -2.21. The summed E-state index contributed by atoms with van der Waals surface area (Å²) in [6.45, 7) is 9.37. The maximum atomic E-state index is 12.1. The zero-order chi connectivity index (χ0) is 15.1. The van der Waals surface area contributed by atoms with Crippen molar-refractivity contribution in [1.29, 1.82) is 0 Å². The summed E-state index contributed by atoms with van der Waals surface area (Å²) in [6, 6.07) is 6.16. The predicted molar refractivity (Wildman–Crippen MR) is 83.1 cm³/mol. The molecule has 0 bridgehead atoms. The van der Waals surface area contributed by atoms with Crippen molar-refractivity contribution in [2.24, 2.45) is 5.92 Å². The second kappa shape index (κ2) is 7.93. The summed E-state index contributed by atoms with van der Waals surface area (Å²) >= 11 is 0. The standard InChI is InChI=1S/C17H27NO2/c1-6-7-15(4)17(19)18(5)8-9-20-16-11-13(2)10-14(3)12-16/h10-12,15H,6-9H2,1-5H3. The van der Waals surface area contributed by atoms with E-state index in [4.69, 9.17) is 4.74 Å². The number of rotatable bonds is 7. The van der Waals surface area contributed by atoms with Gasteiger partial charge in [-0.2, -0.15) is 0 Å². The molecule has 0 radical (unpaired) electrons. The minimum Gasteiger partial charge on any atom is -0.492 e. The topological polar surface area (TPSA) is 29.5 Å². The lowest BCUT2D eigenvalue weighted by Crippen LogP contribution is -2.34. The van der Waals surface area contributed by atoms with Crippen LogP contribution in [0.15, 0.2) is 18.2 Å². The van der Waals surface area contributed by atoms with E-state index in [1.165, 1.54) is 11.1 Å². The molecular weight excluding hydrogens is 250 g/mol. The fourth-order valence-electron chi connectivity index (χ4n) is 2.36. The molecule has 1 unspecified atom stereocenters. The van der Waals surface area contributed by atoms with E-state index in [9.17, 15) is 4.79 Å². The Bertz CT molecular complexity index is 422. The molecule has 0 saturated heterocycles. The molecule has 0 aromatic heterocycles. The molecule has 0 saturated carbocycles. The molecule has 1 rings (SSSR count). The summed E-state index contributed by atoms with van der Waals surface area (Å²) in [6.07, 6.45) is 1.99. The van der Waals surface area contributed by atoms with Crippen molar-refractivity contribution in [2.75, 3.05) is 20.2 Å². The van der Waals surface area contributed by atoms with Gasteiger partial charge in [-0.25, -0.2) is 0 Å². The number of carbonyl (C=O) groups is 1. The van der Waals surface area contributed by atoms with Gasteiger partial charge < -0.3 is 9.64 Å². The fourth-order valence-corrected chi connectivity index (χ4v) is 2.36. The molecule has 0 aliphatic carbocycles. The van der Waals surface area contributed by atoms with Crippen molar-refractivity contribution in [2.45, 2.75) is 40.5 Å². The Morgan fingerprint density at radius 3 is 2.40 bits per heavy atom. The average Bonchev–Trinajstić information content (AvgIpc) is 2.36. The Kier molecular flexibility index (Phi) is 6.56. The maximum absolute atomic E-state index is 12.1. The highest BCUT2D eigenvalue weighted by molar-refractivity contribution is 5.78. The molecule has 1 amide bonds. The van der Waals surface area contributed by atoms with Crippen LogP contribution in [-0.2, 0) is 4.79 Å². The average molecular weight is 277 g/mol. The highest BCUT2D eigenvalue weighted by Gasteiger charge is 2.16. The molecule has 1 atom stereocenters. The number of likely N-dealkylation sites (N-methyl/N-ethyl adjacent to an activating group) is 1. The first kappa shape index (κ1) is 16.5. The number of hydrogen-bond donors (Lipinski definition) is 0. The minimum absolute atomic E-state index is 0.103. The largest absolute Gasteiger partial charge is 0.492 e. The number of benzene rings is 1. The number of nitrogens with zero attached hydrogens (tertiary/aromatic N) is 1. The molecule has 20 heavy (non-hydrogen) atoms. The van der Waals surface area contributed by atoms with Gasteiger partial charge in [0.25, 0.3) is 0 Å². The van der Waals surface area contributed by atoms with Crippen LogP contribution in [0.1, 0.15) is 37.8 Å². The first-order valence-electron chi connectivity index (χ1n) is 7.40. The molecule has 0 fully saturated rings. The fraction of sp³-hybridized carbons (Fsp3) is 0.588. The molecule has 3 heteroatoms. The smallest absolute Gasteiger partial charge is 0.225 e. The lowest BCUT2D eigenvalue weighted by molar-refractivity contribution is -0.134. The summed E-state index contributed by atoms with van der Waals surface area (Å²) in [5.41, 5.74) is 2.39. The molecule has 0 N–H and O–H groups in total. The van der Waals surface area contributed by atoms with Crippen LogP contribution in [0.4, 0.5) is 0 Å². The van der Waals surface area contributed by atoms with Gasteiger partial charge in [0.15, 0.2) is 0 Å². The Morgan fingerprint density at radius 2 is 1.85 bits per heavy atom. The van der Waals surface area contributed by atoms with E-state index >= 15 is 0 Å². The van der Waals surface area contributed by atoms with Crippen molar-refractivity contribution in [3.63, 3.8) is 0 Å². The summed E-state index contributed by atoms with van der Waals surface area (Å²) in [5, 5.41) is 0. The third kappa shape index (κ3) is 5.24. The third-order valence-corrected chi connectivity index (χ3v) is 3.41. The van der Waals surface area contributed by atoms with Gasteiger partial charge in [0.1, 0.15) is 12.4 Å². The zero-order valence-electron chi connectivity index (χ0n) is 13.4. The normalized spacial score (nSPS) is 12.1. The summed E-state index contributed by atoms with van der Waals surface area (Å²) in [7, 11) is 1.85. The maximum Gasteiger partial charge on any atom is 0.225 e. The quantitative estimate of drug-likeness (QED) is 0.762. The van der Waals surface area contributed by atoms with Crippen LogP contribution in [0.5, 0.6) is 5.75 Å². The van der Waals surface area contributed by atoms with Crippen molar-refractivity contribution < 1.29 is 9.53 Å². The van der Waals surface area contributed by atoms with Crippen LogP contribution in [-0.4, -0.2) is 31.0 Å². The van der Waals surface area contributed by atoms with Crippen LogP contribution in [0, 0.1) is 19.8 Å². The van der Waals surface area contributed by atoms with Gasteiger partial charge in [0.05, 0.1) is 6.54 Å². The number of hydrogen-bond acceptors (Lipinski definition) is 2. The van der Waals surface area contributed by atoms with Crippen molar-refractivity contribution in [3.8, 4) is 5.75 Å². The SMILES string of the molecule is CCCC(C)C(=O)N(C)CCOc1cc(C)cc(C)c1. The minimum atomic E-state index is 0.103. The molecule has 112 valence electrons. The van der Waals surface area contributed by atoms with E-state index < -0.39 is 0 Å². The predicted octanol–water partition coefficient (Wildman–Crippen LogP) is 3.58. The number of amides is 1. The molecule has 1 aromatic rings. The number of aryl methyl sites for hydroxylation is 2. The first-order valence-corrected chi connectivity index (χ1v) is 7.40. The zero-order valence-corrected chi connectivity index (χ0v) is 13.4. The second-order valence-corrected chi connectivity index (χ2v) is 5.62. The van der Waals surface area contributed by atoms with E-state index in [0.29, 0.717) is 13.2 Å². The number of carbonyl (C=O) groups excluding carboxylic acids is 1. The molecule has 0 aliphatic rings. The van der Waals surface area contributed by atoms with E-state index in [0.717, 1.165) is 18.6 Å². The van der Waals surface area contributed by atoms with E-state index in [2.05, 4.69) is 26.8 Å². The molecule has 0 aliphatic heterocycles. The molecule has 0 spiro atoms. The van der Waals surface area contributed by atoms with Crippen molar-refractivity contribution in [3.05, 3.63) is 29.3 Å². The Balaban J connectivity index is 2.41. The van der Waals surface area contributed by atoms with Crippen LogP contribution in [0.3, 0.4) is 0 Å². The van der Waals surface area contributed by atoms with Gasteiger partial charge in [-0.1, -0.05) is 26.3 Å². The summed E-state index contributed by atoms with van der Waals surface area (Å²) in [4.78, 5) is 13.8. The Morgan fingerprint density at radius 1 is 1.25 bits per heavy atom. The van der Waals surface area contributed by atoms with Crippen LogP contribution < -0.4 is 4.74 Å². The van der Waals surface area contributed by atoms with Gasteiger partial charge >= 0.3 is 0 Å². The Hall–Kier alpha value is -1.51. The summed E-state index contributed by atoms with van der Waals surface area (Å²) in [5.74, 6) is 1.19. The highest BCUT2D eigenvalue weighted by Crippen LogP contribution is 2.16. The number of ether oxygens (including phenoxy) is 1. The van der Waals surface area contributed by atoms with E-state index in [1.807, 2.05) is 26.1 Å². The summed E-state index contributed by atoms with van der Waals surface area (Å²) < 4.78 is 5.73. The first-order chi connectivity index (χ1) is 9.43. The molecule has 0 heterocycles. The molecular formula is C17H27NO2. The molecule has 3 nitrogen and oxygen atoms in total.